The number of hydrogen-bond acceptors (Lipinski definition) is 4. The van der Waals surface area contributed by atoms with E-state index in [2.05, 4.69) is 4.98 Å². The number of nitrogens with zero attached hydrogens (tertiary/aromatic N) is 3. The first-order valence-electron chi connectivity index (χ1n) is 9.88. The van der Waals surface area contributed by atoms with Gasteiger partial charge in [-0.05, 0) is 48.5 Å². The van der Waals surface area contributed by atoms with E-state index in [0.717, 1.165) is 16.2 Å². The molecule has 0 radical (unpaired) electrons. The fourth-order valence-electron chi connectivity index (χ4n) is 3.12. The Balaban J connectivity index is 1.37. The number of imidazole rings is 1. The van der Waals surface area contributed by atoms with Crippen LogP contribution in [0.5, 0.6) is 5.75 Å². The van der Waals surface area contributed by atoms with Crippen LogP contribution in [0.3, 0.4) is 0 Å². The molecule has 0 saturated heterocycles. The minimum atomic E-state index is -0.308. The van der Waals surface area contributed by atoms with Gasteiger partial charge in [-0.2, -0.15) is 0 Å². The molecular weight excluding hydrogens is 413 g/mol. The molecule has 7 heteroatoms. The van der Waals surface area contributed by atoms with Crippen LogP contribution in [-0.4, -0.2) is 40.4 Å². The Hall–Kier alpha value is -3.32. The molecule has 0 N–H and O–H groups in total. The molecule has 5 nitrogen and oxygen atoms in total. The maximum atomic E-state index is 13.0. The summed E-state index contributed by atoms with van der Waals surface area (Å²) in [5, 5.41) is 0. The van der Waals surface area contributed by atoms with Crippen molar-refractivity contribution in [1.82, 2.24) is 14.3 Å². The molecule has 4 rings (SSSR count). The standard InChI is InChI=1S/C24H22FN3O2S/c1-27(14-15-30-20-11-9-18(25)10-12-20)24(29)21-6-2-3-7-22(21)31-17-19-16-28-13-5-4-8-23(28)26-19/h2-13,16H,14-15,17H2,1H3. The van der Waals surface area contributed by atoms with Crippen LogP contribution in [0.4, 0.5) is 4.39 Å². The zero-order valence-corrected chi connectivity index (χ0v) is 17.9. The van der Waals surface area contributed by atoms with Crippen molar-refractivity contribution >= 4 is 23.3 Å². The van der Waals surface area contributed by atoms with E-state index >= 15 is 0 Å². The third-order valence-electron chi connectivity index (χ3n) is 4.76. The van der Waals surface area contributed by atoms with Gasteiger partial charge < -0.3 is 14.0 Å². The van der Waals surface area contributed by atoms with Crippen LogP contribution in [0.15, 0.2) is 84.0 Å². The molecule has 0 aliphatic rings. The van der Waals surface area contributed by atoms with E-state index in [1.54, 1.807) is 35.8 Å². The zero-order valence-electron chi connectivity index (χ0n) is 17.1. The largest absolute Gasteiger partial charge is 0.492 e. The summed E-state index contributed by atoms with van der Waals surface area (Å²) in [6.45, 7) is 0.742. The highest BCUT2D eigenvalue weighted by atomic mass is 32.2. The fraction of sp³-hybridized carbons (Fsp3) is 0.167. The van der Waals surface area contributed by atoms with Crippen molar-refractivity contribution in [3.63, 3.8) is 0 Å². The van der Waals surface area contributed by atoms with Gasteiger partial charge in [-0.1, -0.05) is 18.2 Å². The predicted molar refractivity (Wildman–Crippen MR) is 120 cm³/mol. The topological polar surface area (TPSA) is 46.8 Å². The number of ether oxygens (including phenoxy) is 1. The minimum absolute atomic E-state index is 0.0687. The molecule has 158 valence electrons. The molecule has 4 aromatic rings. The molecule has 2 heterocycles. The molecule has 0 spiro atoms. The molecule has 0 aliphatic carbocycles. The molecular formula is C24H22FN3O2S. The fourth-order valence-corrected chi connectivity index (χ4v) is 4.04. The number of fused-ring (bicyclic) bond motifs is 1. The number of aromatic nitrogens is 2. The van der Waals surface area contributed by atoms with Gasteiger partial charge in [0.2, 0.25) is 0 Å². The number of benzene rings is 2. The number of carbonyl (C=O) groups excluding carboxylic acids is 1. The van der Waals surface area contributed by atoms with Gasteiger partial charge in [-0.3, -0.25) is 4.79 Å². The second kappa shape index (κ2) is 9.66. The van der Waals surface area contributed by atoms with Crippen LogP contribution in [0.2, 0.25) is 0 Å². The number of rotatable bonds is 8. The first-order chi connectivity index (χ1) is 15.1. The Morgan fingerprint density at radius 2 is 1.87 bits per heavy atom. The molecule has 2 aromatic carbocycles. The summed E-state index contributed by atoms with van der Waals surface area (Å²) in [6, 6.07) is 19.3. The normalized spacial score (nSPS) is 10.9. The van der Waals surface area contributed by atoms with E-state index in [1.807, 2.05) is 59.3 Å². The Labute approximate surface area is 184 Å². The van der Waals surface area contributed by atoms with E-state index in [4.69, 9.17) is 4.74 Å². The van der Waals surface area contributed by atoms with Crippen LogP contribution in [0.25, 0.3) is 5.65 Å². The first kappa shape index (κ1) is 20.9. The van der Waals surface area contributed by atoms with Gasteiger partial charge in [0, 0.05) is 30.1 Å². The van der Waals surface area contributed by atoms with Gasteiger partial charge >= 0.3 is 0 Å². The highest BCUT2D eigenvalue weighted by molar-refractivity contribution is 7.98. The van der Waals surface area contributed by atoms with Crippen molar-refractivity contribution < 1.29 is 13.9 Å². The molecule has 0 bridgehead atoms. The number of thioether (sulfide) groups is 1. The molecule has 0 atom stereocenters. The molecule has 0 aliphatic heterocycles. The van der Waals surface area contributed by atoms with Gasteiger partial charge in [-0.15, -0.1) is 11.8 Å². The lowest BCUT2D eigenvalue weighted by atomic mass is 10.2. The highest BCUT2D eigenvalue weighted by Crippen LogP contribution is 2.27. The van der Waals surface area contributed by atoms with Gasteiger partial charge in [-0.25, -0.2) is 9.37 Å². The predicted octanol–water partition coefficient (Wildman–Crippen LogP) is 4.92. The zero-order chi connectivity index (χ0) is 21.6. The molecule has 1 amide bonds. The van der Waals surface area contributed by atoms with Crippen LogP contribution in [0, 0.1) is 5.82 Å². The van der Waals surface area contributed by atoms with Crippen molar-refractivity contribution in [2.45, 2.75) is 10.6 Å². The van der Waals surface area contributed by atoms with E-state index < -0.39 is 0 Å². The highest BCUT2D eigenvalue weighted by Gasteiger charge is 2.16. The summed E-state index contributed by atoms with van der Waals surface area (Å²) < 4.78 is 20.6. The average molecular weight is 436 g/mol. The average Bonchev–Trinajstić information content (AvgIpc) is 3.22. The lowest BCUT2D eigenvalue weighted by Crippen LogP contribution is -2.31. The quantitative estimate of drug-likeness (QED) is 0.369. The summed E-state index contributed by atoms with van der Waals surface area (Å²) in [5.41, 5.74) is 2.52. The van der Waals surface area contributed by atoms with Crippen LogP contribution >= 0.6 is 11.8 Å². The Morgan fingerprint density at radius 1 is 1.10 bits per heavy atom. The molecule has 0 fully saturated rings. The number of hydrogen-bond donors (Lipinski definition) is 0. The first-order valence-corrected chi connectivity index (χ1v) is 10.9. The summed E-state index contributed by atoms with van der Waals surface area (Å²) >= 11 is 1.59. The van der Waals surface area contributed by atoms with Crippen molar-refractivity contribution in [2.24, 2.45) is 0 Å². The number of carbonyl (C=O) groups is 1. The SMILES string of the molecule is CN(CCOc1ccc(F)cc1)C(=O)c1ccccc1SCc1cn2ccccc2n1. The molecule has 2 aromatic heterocycles. The Morgan fingerprint density at radius 3 is 2.68 bits per heavy atom. The van der Waals surface area contributed by atoms with Gasteiger partial charge in [0.05, 0.1) is 17.8 Å². The third kappa shape index (κ3) is 5.24. The second-order valence-corrected chi connectivity index (χ2v) is 8.03. The maximum Gasteiger partial charge on any atom is 0.254 e. The van der Waals surface area contributed by atoms with Gasteiger partial charge in [0.1, 0.15) is 23.8 Å². The van der Waals surface area contributed by atoms with E-state index in [-0.39, 0.29) is 11.7 Å². The van der Waals surface area contributed by atoms with E-state index in [9.17, 15) is 9.18 Å². The lowest BCUT2D eigenvalue weighted by molar-refractivity contribution is 0.0770. The van der Waals surface area contributed by atoms with Gasteiger partial charge in [0.15, 0.2) is 0 Å². The molecule has 0 unspecified atom stereocenters. The summed E-state index contributed by atoms with van der Waals surface area (Å²) in [5.74, 6) is 0.868. The number of amides is 1. The smallest absolute Gasteiger partial charge is 0.254 e. The monoisotopic (exact) mass is 435 g/mol. The van der Waals surface area contributed by atoms with Gasteiger partial charge in [0.25, 0.3) is 5.91 Å². The molecule has 0 saturated carbocycles. The number of halogens is 1. The summed E-state index contributed by atoms with van der Waals surface area (Å²) in [4.78, 5) is 20.2. The van der Waals surface area contributed by atoms with E-state index in [1.165, 1.54) is 12.1 Å². The van der Waals surface area contributed by atoms with Crippen LogP contribution in [-0.2, 0) is 5.75 Å². The summed E-state index contributed by atoms with van der Waals surface area (Å²) in [6.07, 6.45) is 3.97. The van der Waals surface area contributed by atoms with Crippen LogP contribution < -0.4 is 4.74 Å². The summed E-state index contributed by atoms with van der Waals surface area (Å²) in [7, 11) is 1.75. The van der Waals surface area contributed by atoms with Crippen molar-refractivity contribution in [2.75, 3.05) is 20.2 Å². The third-order valence-corrected chi connectivity index (χ3v) is 5.87. The maximum absolute atomic E-state index is 13.0. The Bertz CT molecular complexity index is 1140. The molecule has 31 heavy (non-hydrogen) atoms. The van der Waals surface area contributed by atoms with Crippen molar-refractivity contribution in [3.8, 4) is 5.75 Å². The van der Waals surface area contributed by atoms with Crippen molar-refractivity contribution in [1.29, 1.82) is 0 Å². The number of likely N-dealkylation sites (N-methyl/N-ethyl adjacent to an activating group) is 1. The number of pyridine rings is 1. The second-order valence-electron chi connectivity index (χ2n) is 7.01. The van der Waals surface area contributed by atoms with Crippen LogP contribution in [0.1, 0.15) is 16.1 Å². The van der Waals surface area contributed by atoms with Crippen molar-refractivity contribution in [3.05, 3.63) is 96.2 Å². The van der Waals surface area contributed by atoms with E-state index in [0.29, 0.717) is 30.2 Å². The minimum Gasteiger partial charge on any atom is -0.492 e. The Kier molecular flexibility index (Phi) is 6.52. The lowest BCUT2D eigenvalue weighted by Gasteiger charge is -2.19.